The van der Waals surface area contributed by atoms with Gasteiger partial charge in [0.25, 0.3) is 17.4 Å². The van der Waals surface area contributed by atoms with E-state index in [0.29, 0.717) is 51.2 Å². The minimum atomic E-state index is -4.55. The summed E-state index contributed by atoms with van der Waals surface area (Å²) in [5.41, 5.74) is -0.746. The van der Waals surface area contributed by atoms with Gasteiger partial charge in [0.05, 0.1) is 49.9 Å². The van der Waals surface area contributed by atoms with Gasteiger partial charge < -0.3 is 49.7 Å². The molecule has 13 rings (SSSR count). The lowest BCUT2D eigenvalue weighted by Gasteiger charge is -2.44. The van der Waals surface area contributed by atoms with E-state index in [1.54, 1.807) is 47.7 Å². The van der Waals surface area contributed by atoms with E-state index in [0.717, 1.165) is 51.2 Å². The van der Waals surface area contributed by atoms with Crippen LogP contribution >= 0.6 is 23.5 Å². The van der Waals surface area contributed by atoms with Gasteiger partial charge in [0.15, 0.2) is 35.1 Å². The highest BCUT2D eigenvalue weighted by molar-refractivity contribution is 8.05. The van der Waals surface area contributed by atoms with Crippen LogP contribution in [0.2, 0.25) is 0 Å². The molecule has 0 aliphatic carbocycles. The summed E-state index contributed by atoms with van der Waals surface area (Å²) in [5.74, 6) is 6.15. The third kappa shape index (κ3) is 40.6. The summed E-state index contributed by atoms with van der Waals surface area (Å²) in [6, 6.07) is 10.0. The average Bonchev–Trinajstić information content (AvgIpc) is 1.60. The molecule has 10 fully saturated rings. The molecule has 1 aromatic carbocycles. The number of carbonyl (C=O) groups excluding carboxylic acids is 10. The number of nitrogens with one attached hydrogen (secondary N) is 8. The van der Waals surface area contributed by atoms with E-state index in [1.807, 2.05) is 148 Å². The Morgan fingerprint density at radius 3 is 1.27 bits per heavy atom. The number of likely N-dealkylation sites (tertiary alicyclic amines) is 3. The third-order valence-electron chi connectivity index (χ3n) is 27.4. The maximum Gasteiger partial charge on any atom is 0.406 e. The van der Waals surface area contributed by atoms with E-state index in [-0.39, 0.29) is 150 Å². The zero-order chi connectivity index (χ0) is 114. The van der Waals surface area contributed by atoms with Gasteiger partial charge in [-0.2, -0.15) is 13.2 Å². The lowest BCUT2D eigenvalue weighted by atomic mass is 9.67. The van der Waals surface area contributed by atoms with Gasteiger partial charge in [-0.25, -0.2) is 14.2 Å². The molecule has 10 amide bonds. The van der Waals surface area contributed by atoms with Gasteiger partial charge in [-0.05, 0) is 136 Å². The van der Waals surface area contributed by atoms with Crippen molar-refractivity contribution in [3.8, 4) is 17.1 Å². The van der Waals surface area contributed by atoms with E-state index in [4.69, 9.17) is 13.9 Å². The van der Waals surface area contributed by atoms with E-state index < -0.39 is 62.3 Å². The molecule has 12 heterocycles. The number of carbonyl (C=O) groups is 10. The Kier molecular flexibility index (Phi) is 47.8. The second kappa shape index (κ2) is 50.9. The van der Waals surface area contributed by atoms with Crippen LogP contribution in [0.15, 0.2) is 106 Å². The summed E-state index contributed by atoms with van der Waals surface area (Å²) in [5, 5.41) is 26.6. The lowest BCUT2D eigenvalue weighted by molar-refractivity contribution is -0.168. The Morgan fingerprint density at radius 1 is 0.531 bits per heavy atom. The predicted octanol–water partition coefficient (Wildman–Crippen LogP) is 21.4. The number of aromatic hydroxyl groups is 1. The van der Waals surface area contributed by atoms with Crippen molar-refractivity contribution in [2.75, 3.05) is 52.6 Å². The first-order chi connectivity index (χ1) is 64.5. The molecule has 0 bridgehead atoms. The van der Waals surface area contributed by atoms with Gasteiger partial charge in [0.2, 0.25) is 53.0 Å². The van der Waals surface area contributed by atoms with Gasteiger partial charge in [0, 0.05) is 87.3 Å². The number of alkyl halides is 3. The first kappa shape index (κ1) is 138. The number of allylic oxidation sites excluding steroid dienone is 1. The molecule has 0 spiro atoms. The van der Waals surface area contributed by atoms with Gasteiger partial charge in [-0.15, -0.1) is 0 Å². The second-order valence-electron chi connectivity index (χ2n) is 52.6. The standard InChI is InChI=1S/C13H15NO.C11H16F3NO2.C10H17NO.C9H14N2O2.C9H15NO2.C9H15NOS.C9H19N.C8H15NO2S.2C8H13NO2.C8H13NOS.C8H17N.2CH4/c1-13(2,3)12-14-9-11(15-12)10-7-5-4-6-8-10;1-9(2,3)10(4)5-7(16)15(8(10)17)6-11(12,13)14;1-7-6-10(5,8(12)11-7)9(2,3)4;1-5-10-7(9(2,3)4)6(12)8(13)11-5;2*1-6-10-7(11)9(5,12-6)8(2,3)4;1-9(2,3)8-5-6-10(4)7-8;1-8(2,3)6-5-12(4,11)9-7(6)10;1-8(2,3)5-4-6(10)9-7(5)11;2*1-5-9-7(10)6(11-5)8(2,3)4;1-8(2,3)7-5-9(4)6-7;;/h4-9H,1-3H3;5-6H2,1-4H3;1,6H2,2-5H3,(H,11,12);12H,1-4H3,(H,10,11,13);2*1H2,2-5H3,(H,10,11);8H,5-7H2,1-4H3;6H,4-5H2,1-3H3,(H,9,10,11);5H,4H2,1-3H3,(H,9,10,11);2*6H,1H2,2-4H3,(H,9,10);7H,5-6H2,1-4H3;2*1H4. The summed E-state index contributed by atoms with van der Waals surface area (Å²) < 4.78 is 66.5. The molecular formula is C112H190F3N13O16S3. The van der Waals surface area contributed by atoms with Crippen LogP contribution in [0.4, 0.5) is 13.2 Å². The number of halogens is 3. The number of ether oxygens (including phenoxy) is 2. The number of aromatic nitrogens is 3. The number of oxazole rings is 1. The van der Waals surface area contributed by atoms with Crippen molar-refractivity contribution in [3.63, 3.8) is 0 Å². The number of H-pyrrole nitrogens is 1. The van der Waals surface area contributed by atoms with E-state index in [9.17, 15) is 75.2 Å². The number of amides is 10. The quantitative estimate of drug-likeness (QED) is 0.0850. The van der Waals surface area contributed by atoms with E-state index in [1.165, 1.54) is 56.1 Å². The number of nitrogens with zero attached hydrogens (tertiary/aromatic N) is 5. The fourth-order valence-electron chi connectivity index (χ4n) is 15.3. The van der Waals surface area contributed by atoms with Crippen LogP contribution in [-0.2, 0) is 78.0 Å². The number of aryl methyl sites for hydroxylation is 1. The summed E-state index contributed by atoms with van der Waals surface area (Å²) in [6.07, 6.45) is -0.817. The van der Waals surface area contributed by atoms with Gasteiger partial charge in [-0.1, -0.05) is 338 Å². The molecule has 10 aliphatic heterocycles. The zero-order valence-corrected chi connectivity index (χ0v) is 98.4. The van der Waals surface area contributed by atoms with Crippen LogP contribution < -0.4 is 42.2 Å². The molecule has 147 heavy (non-hydrogen) atoms. The van der Waals surface area contributed by atoms with Crippen molar-refractivity contribution >= 4 is 98.2 Å². The third-order valence-corrected chi connectivity index (χ3v) is 32.0. The number of rotatable bonds is 2. The van der Waals surface area contributed by atoms with Crippen molar-refractivity contribution in [2.45, 2.75) is 363 Å². The van der Waals surface area contributed by atoms with Gasteiger partial charge in [0.1, 0.15) is 17.1 Å². The number of hydrogen-bond acceptors (Lipinski definition) is 22. The predicted molar refractivity (Wildman–Crippen MR) is 595 cm³/mol. The molecule has 29 nitrogen and oxygen atoms in total. The SMILES string of the molecule is C.C.C=C1CC(C)(C(C)(C)C)C(=O)N1.C=C1NC(=O)C(C(C)(C)C)O1.C=C1NC(=O)C(C(C)(C)C)S1.C=C1NC(=O)C(C)(C(C)(C)C)O1.C=C1NC(=O)C(C)(C(C)(C)C)S1.C=S1(=O)CC(C(C)(C)C)C(=O)N1.CC(C)(C)C1(C)CC(=O)N(CC(F)(F)F)C1=O.CC(C)(C)C1CC(=O)NC1=O.CC(C)(C)c1ncc(-c2ccccc2)o1.CN1CC(C(C)(C)C)C1.CN1CCC(C(C)(C)C)C1.Cc1nc(C(C)(C)C)c(O)c(=O)[nH]1. The molecule has 10 aliphatic rings. The molecule has 10 atom stereocenters. The normalized spacial score (nSPS) is 24.9. The number of thioether (sulfide) groups is 2. The summed E-state index contributed by atoms with van der Waals surface area (Å²) in [7, 11) is 2.07. The Hall–Kier alpha value is -9.06. The Balaban J connectivity index is 0.00000158. The zero-order valence-electron chi connectivity index (χ0n) is 95.9. The first-order valence-electron chi connectivity index (χ1n) is 49.4. The molecule has 35 heteroatoms. The monoisotopic (exact) mass is 2130 g/mol. The van der Waals surface area contributed by atoms with Gasteiger partial charge >= 0.3 is 6.18 Å². The maximum atomic E-state index is 12.3. The molecular weight excluding hydrogens is 1940 g/mol. The topological polar surface area (TPSA) is 392 Å². The van der Waals surface area contributed by atoms with Crippen molar-refractivity contribution in [1.82, 2.24) is 66.3 Å². The Bertz CT molecular complexity index is 5070. The van der Waals surface area contributed by atoms with Crippen molar-refractivity contribution in [3.05, 3.63) is 125 Å². The summed E-state index contributed by atoms with van der Waals surface area (Å²) in [6.45, 7) is 104. The number of imide groups is 2. The molecule has 2 aromatic heterocycles. The van der Waals surface area contributed by atoms with Crippen molar-refractivity contribution < 1.29 is 84.3 Å². The number of aromatic amines is 1. The largest absolute Gasteiger partial charge is 0.502 e. The van der Waals surface area contributed by atoms with Crippen LogP contribution in [0, 0.1) is 95.6 Å². The first-order valence-corrected chi connectivity index (χ1v) is 53.0. The fourth-order valence-corrected chi connectivity index (χ4v) is 19.1. The van der Waals surface area contributed by atoms with Crippen LogP contribution in [0.5, 0.6) is 5.75 Å². The van der Waals surface area contributed by atoms with Crippen molar-refractivity contribution in [2.24, 2.45) is 88.7 Å². The molecule has 3 aromatic rings. The highest BCUT2D eigenvalue weighted by Gasteiger charge is 2.58. The minimum Gasteiger partial charge on any atom is -0.502 e. The molecule has 10 saturated heterocycles. The van der Waals surface area contributed by atoms with Crippen LogP contribution in [-0.4, -0.2) is 184 Å². The second-order valence-corrected chi connectivity index (χ2v) is 57.5. The maximum absolute atomic E-state index is 12.3. The highest BCUT2D eigenvalue weighted by atomic mass is 32.2. The fraction of sp³-hybridized carbons (Fsp3) is 0.696. The minimum absolute atomic E-state index is 0. The molecule has 9 N–H and O–H groups in total. The Morgan fingerprint density at radius 2 is 1.03 bits per heavy atom. The molecule has 0 saturated carbocycles. The summed E-state index contributed by atoms with van der Waals surface area (Å²) in [4.78, 5) is 141. The van der Waals surface area contributed by atoms with Crippen LogP contribution in [0.25, 0.3) is 11.3 Å². The van der Waals surface area contributed by atoms with Crippen molar-refractivity contribution in [1.29, 1.82) is 0 Å². The van der Waals surface area contributed by atoms with Crippen LogP contribution in [0.3, 0.4) is 0 Å². The van der Waals surface area contributed by atoms with Gasteiger partial charge in [-0.3, -0.25) is 78.3 Å². The lowest BCUT2D eigenvalue weighted by Crippen LogP contribution is -2.49. The number of benzene rings is 1. The molecule has 10 unspecified atom stereocenters. The summed E-state index contributed by atoms with van der Waals surface area (Å²) >= 11 is 3.05. The Labute approximate surface area is 889 Å². The highest BCUT2D eigenvalue weighted by Crippen LogP contribution is 2.51. The van der Waals surface area contributed by atoms with Crippen LogP contribution in [0.1, 0.15) is 335 Å². The average molecular weight is 2130 g/mol. The molecule has 0 radical (unpaired) electrons. The number of hydrogen-bond donors (Lipinski definition) is 9. The molecule has 838 valence electrons. The van der Waals surface area contributed by atoms with E-state index in [2.05, 4.69) is 239 Å². The smallest absolute Gasteiger partial charge is 0.406 e. The van der Waals surface area contributed by atoms with E-state index >= 15 is 0 Å².